The fourth-order valence-corrected chi connectivity index (χ4v) is 1.89. The number of phenolic OH excluding ortho intramolecular Hbond substituents is 1. The van der Waals surface area contributed by atoms with Crippen molar-refractivity contribution in [2.75, 3.05) is 14.2 Å². The van der Waals surface area contributed by atoms with Crippen molar-refractivity contribution >= 4 is 11.9 Å². The number of rotatable bonds is 3. The standard InChI is InChI=1S/C12H15N3O3/c1-15-8(11(17)14-12(15)13)5-7-3-4-9(16)10(6-7)18-2/h3-4,6,8,16H,5H2,1-2H3,(H2,13,14,17)/t8-/m1/s1. The number of carbonyl (C=O) groups is 1. The van der Waals surface area contributed by atoms with Gasteiger partial charge in [-0.05, 0) is 17.7 Å². The molecule has 0 radical (unpaired) electrons. The zero-order chi connectivity index (χ0) is 13.3. The molecular weight excluding hydrogens is 234 g/mol. The second-order valence-electron chi connectivity index (χ2n) is 4.15. The quantitative estimate of drug-likeness (QED) is 0.793. The van der Waals surface area contributed by atoms with E-state index in [0.717, 1.165) is 5.56 Å². The Morgan fingerprint density at radius 1 is 1.56 bits per heavy atom. The maximum atomic E-state index is 11.6. The number of aromatic hydroxyl groups is 1. The summed E-state index contributed by atoms with van der Waals surface area (Å²) in [6.45, 7) is 0. The first-order valence-corrected chi connectivity index (χ1v) is 5.49. The maximum Gasteiger partial charge on any atom is 0.271 e. The van der Waals surface area contributed by atoms with E-state index in [4.69, 9.17) is 10.5 Å². The minimum atomic E-state index is -0.390. The predicted molar refractivity (Wildman–Crippen MR) is 66.5 cm³/mol. The number of hydrogen-bond acceptors (Lipinski definition) is 5. The van der Waals surface area contributed by atoms with E-state index in [9.17, 15) is 9.90 Å². The lowest BCUT2D eigenvalue weighted by molar-refractivity contribution is -0.120. The summed E-state index contributed by atoms with van der Waals surface area (Å²) in [6, 6.07) is 4.59. The van der Waals surface area contributed by atoms with Crippen LogP contribution in [0.4, 0.5) is 0 Å². The summed E-state index contributed by atoms with van der Waals surface area (Å²) in [5.74, 6) is 0.440. The highest BCUT2D eigenvalue weighted by Crippen LogP contribution is 2.27. The van der Waals surface area contributed by atoms with Gasteiger partial charge in [-0.25, -0.2) is 0 Å². The Labute approximate surface area is 105 Å². The van der Waals surface area contributed by atoms with Gasteiger partial charge in [-0.1, -0.05) is 6.07 Å². The van der Waals surface area contributed by atoms with Crippen molar-refractivity contribution in [2.45, 2.75) is 12.5 Å². The number of carbonyl (C=O) groups excluding carboxylic acids is 1. The molecule has 2 rings (SSSR count). The number of nitrogens with two attached hydrogens (primary N) is 1. The molecule has 3 N–H and O–H groups in total. The van der Waals surface area contributed by atoms with Crippen molar-refractivity contribution in [3.63, 3.8) is 0 Å². The van der Waals surface area contributed by atoms with E-state index in [1.54, 1.807) is 24.1 Å². The highest BCUT2D eigenvalue weighted by Gasteiger charge is 2.31. The molecule has 0 aliphatic carbocycles. The van der Waals surface area contributed by atoms with Gasteiger partial charge in [0.1, 0.15) is 6.04 Å². The molecule has 96 valence electrons. The van der Waals surface area contributed by atoms with Gasteiger partial charge in [-0.3, -0.25) is 4.79 Å². The number of aliphatic imine (C=N–C) groups is 1. The Kier molecular flexibility index (Phi) is 3.10. The van der Waals surface area contributed by atoms with Gasteiger partial charge < -0.3 is 20.5 Å². The summed E-state index contributed by atoms with van der Waals surface area (Å²) < 4.78 is 5.02. The number of phenols is 1. The molecular formula is C12H15N3O3. The van der Waals surface area contributed by atoms with Gasteiger partial charge in [0.15, 0.2) is 17.5 Å². The van der Waals surface area contributed by atoms with Crippen molar-refractivity contribution in [1.29, 1.82) is 0 Å². The van der Waals surface area contributed by atoms with Crippen LogP contribution in [0.5, 0.6) is 11.5 Å². The van der Waals surface area contributed by atoms with E-state index in [1.165, 1.54) is 13.2 Å². The lowest BCUT2D eigenvalue weighted by atomic mass is 10.0. The molecule has 1 aliphatic rings. The number of hydrogen-bond donors (Lipinski definition) is 2. The van der Waals surface area contributed by atoms with Crippen molar-refractivity contribution in [3.8, 4) is 11.5 Å². The first-order valence-electron chi connectivity index (χ1n) is 5.49. The molecule has 1 aromatic carbocycles. The number of guanidine groups is 1. The van der Waals surface area contributed by atoms with Crippen molar-refractivity contribution in [1.82, 2.24) is 4.90 Å². The van der Waals surface area contributed by atoms with Crippen LogP contribution in [0.1, 0.15) is 5.56 Å². The van der Waals surface area contributed by atoms with Crippen molar-refractivity contribution in [2.24, 2.45) is 10.7 Å². The molecule has 1 heterocycles. The van der Waals surface area contributed by atoms with E-state index in [0.29, 0.717) is 12.2 Å². The monoisotopic (exact) mass is 249 g/mol. The normalized spacial score (nSPS) is 19.0. The minimum absolute atomic E-state index is 0.0723. The first-order chi connectivity index (χ1) is 8.52. The third-order valence-corrected chi connectivity index (χ3v) is 3.01. The molecule has 6 nitrogen and oxygen atoms in total. The van der Waals surface area contributed by atoms with E-state index < -0.39 is 0 Å². The number of likely N-dealkylation sites (N-methyl/N-ethyl adjacent to an activating group) is 1. The summed E-state index contributed by atoms with van der Waals surface area (Å²) in [7, 11) is 3.21. The van der Waals surface area contributed by atoms with Crippen LogP contribution in [0.3, 0.4) is 0 Å². The highest BCUT2D eigenvalue weighted by atomic mass is 16.5. The molecule has 0 fully saturated rings. The fourth-order valence-electron chi connectivity index (χ4n) is 1.89. The number of nitrogens with zero attached hydrogens (tertiary/aromatic N) is 2. The van der Waals surface area contributed by atoms with Crippen LogP contribution in [0.2, 0.25) is 0 Å². The largest absolute Gasteiger partial charge is 0.504 e. The molecule has 18 heavy (non-hydrogen) atoms. The average Bonchev–Trinajstić information content (AvgIpc) is 2.58. The Hall–Kier alpha value is -2.24. The molecule has 0 aromatic heterocycles. The number of methoxy groups -OCH3 is 1. The summed E-state index contributed by atoms with van der Waals surface area (Å²) in [6.07, 6.45) is 0.468. The molecule has 1 aromatic rings. The van der Waals surface area contributed by atoms with E-state index in [2.05, 4.69) is 4.99 Å². The van der Waals surface area contributed by atoms with Crippen LogP contribution in [-0.4, -0.2) is 42.1 Å². The van der Waals surface area contributed by atoms with Crippen molar-refractivity contribution in [3.05, 3.63) is 23.8 Å². The Bertz CT molecular complexity index is 513. The van der Waals surface area contributed by atoms with Crippen LogP contribution >= 0.6 is 0 Å². The van der Waals surface area contributed by atoms with Gasteiger partial charge in [-0.2, -0.15) is 4.99 Å². The fraction of sp³-hybridized carbons (Fsp3) is 0.333. The minimum Gasteiger partial charge on any atom is -0.504 e. The summed E-state index contributed by atoms with van der Waals surface area (Å²) in [5, 5.41) is 9.50. The van der Waals surface area contributed by atoms with Gasteiger partial charge >= 0.3 is 0 Å². The molecule has 0 unspecified atom stereocenters. The Morgan fingerprint density at radius 3 is 2.83 bits per heavy atom. The maximum absolute atomic E-state index is 11.6. The molecule has 0 saturated carbocycles. The second kappa shape index (κ2) is 4.56. The molecule has 1 amide bonds. The van der Waals surface area contributed by atoms with Gasteiger partial charge in [0, 0.05) is 13.5 Å². The average molecular weight is 249 g/mol. The molecule has 1 aliphatic heterocycles. The van der Waals surface area contributed by atoms with Crippen LogP contribution < -0.4 is 10.5 Å². The lowest BCUT2D eigenvalue weighted by Crippen LogP contribution is -2.39. The zero-order valence-corrected chi connectivity index (χ0v) is 10.3. The highest BCUT2D eigenvalue weighted by molar-refractivity contribution is 6.02. The SMILES string of the molecule is COc1cc(C[C@@H]2C(=O)N=C(N)N2C)ccc1O. The zero-order valence-electron chi connectivity index (χ0n) is 10.3. The van der Waals surface area contributed by atoms with Crippen molar-refractivity contribution < 1.29 is 14.6 Å². The summed E-state index contributed by atoms with van der Waals surface area (Å²) in [5.41, 5.74) is 6.46. The molecule has 0 saturated heterocycles. The number of benzene rings is 1. The molecule has 0 spiro atoms. The van der Waals surface area contributed by atoms with Crippen LogP contribution in [0.25, 0.3) is 0 Å². The Balaban J connectivity index is 2.18. The van der Waals surface area contributed by atoms with Crippen LogP contribution in [0.15, 0.2) is 23.2 Å². The van der Waals surface area contributed by atoms with Gasteiger partial charge in [0.2, 0.25) is 0 Å². The number of amides is 1. The van der Waals surface area contributed by atoms with Crippen LogP contribution in [-0.2, 0) is 11.2 Å². The van der Waals surface area contributed by atoms with E-state index >= 15 is 0 Å². The third kappa shape index (κ3) is 2.09. The predicted octanol–water partition coefficient (Wildman–Crippen LogP) is 0.0986. The third-order valence-electron chi connectivity index (χ3n) is 3.01. The first kappa shape index (κ1) is 12.2. The number of ether oxygens (including phenoxy) is 1. The topological polar surface area (TPSA) is 88.1 Å². The lowest BCUT2D eigenvalue weighted by Gasteiger charge is -2.19. The van der Waals surface area contributed by atoms with E-state index in [-0.39, 0.29) is 23.7 Å². The summed E-state index contributed by atoms with van der Waals surface area (Å²) >= 11 is 0. The summed E-state index contributed by atoms with van der Waals surface area (Å²) in [4.78, 5) is 17.0. The molecule has 0 bridgehead atoms. The van der Waals surface area contributed by atoms with Crippen LogP contribution in [0, 0.1) is 0 Å². The molecule has 1 atom stereocenters. The van der Waals surface area contributed by atoms with Gasteiger partial charge in [0.05, 0.1) is 7.11 Å². The van der Waals surface area contributed by atoms with Gasteiger partial charge in [0.25, 0.3) is 5.91 Å². The van der Waals surface area contributed by atoms with Gasteiger partial charge in [-0.15, -0.1) is 0 Å². The molecule has 6 heteroatoms. The second-order valence-corrected chi connectivity index (χ2v) is 4.15. The Morgan fingerprint density at radius 2 is 2.28 bits per heavy atom. The smallest absolute Gasteiger partial charge is 0.271 e. The van der Waals surface area contributed by atoms with E-state index in [1.807, 2.05) is 0 Å².